The van der Waals surface area contributed by atoms with Crippen LogP contribution in [-0.4, -0.2) is 55.0 Å². The molecule has 4 aromatic rings. The van der Waals surface area contributed by atoms with Crippen molar-refractivity contribution in [3.8, 4) is 28.5 Å². The number of nitrogens with one attached hydrogen (secondary N) is 1. The van der Waals surface area contributed by atoms with E-state index in [0.29, 0.717) is 29.0 Å². The number of methoxy groups -OCH3 is 3. The van der Waals surface area contributed by atoms with Crippen molar-refractivity contribution in [2.75, 3.05) is 45.6 Å². The molecule has 0 bridgehead atoms. The number of benzene rings is 2. The third-order valence-electron chi connectivity index (χ3n) is 4.84. The highest BCUT2D eigenvalue weighted by molar-refractivity contribution is 5.70. The lowest BCUT2D eigenvalue weighted by Gasteiger charge is -2.14. The quantitative estimate of drug-likeness (QED) is 0.485. The molecule has 0 aliphatic rings. The minimum Gasteiger partial charge on any atom is -0.493 e. The number of anilines is 3. The fraction of sp³-hybridized carbons (Fsp3) is 0.227. The standard InChI is InChI=1S/C22H24N6O3/c1-27(2)16-8-6-15(7-9-16)24-21-25-22-23-11-10-17(28(22)26-21)14-12-18(29-3)20(31-5)19(13-14)30-4/h6-13H,1-5H3,(H,24,26). The molecule has 0 radical (unpaired) electrons. The number of hydrogen-bond donors (Lipinski definition) is 1. The zero-order valence-electron chi connectivity index (χ0n) is 18.1. The summed E-state index contributed by atoms with van der Waals surface area (Å²) in [6, 6.07) is 13.6. The molecule has 9 heteroatoms. The Morgan fingerprint density at radius 3 is 2.16 bits per heavy atom. The van der Waals surface area contributed by atoms with Crippen LogP contribution in [0, 0.1) is 0 Å². The number of nitrogens with zero attached hydrogens (tertiary/aromatic N) is 5. The Hall–Kier alpha value is -4.01. The molecular formula is C22H24N6O3. The van der Waals surface area contributed by atoms with Crippen molar-refractivity contribution in [3.05, 3.63) is 48.7 Å². The molecule has 0 unspecified atom stereocenters. The van der Waals surface area contributed by atoms with E-state index in [0.717, 1.165) is 22.6 Å². The molecule has 0 fully saturated rings. The first-order valence-corrected chi connectivity index (χ1v) is 9.60. The van der Waals surface area contributed by atoms with Gasteiger partial charge in [0.05, 0.1) is 27.0 Å². The summed E-state index contributed by atoms with van der Waals surface area (Å²) in [4.78, 5) is 10.9. The molecule has 1 N–H and O–H groups in total. The number of ether oxygens (including phenoxy) is 3. The fourth-order valence-electron chi connectivity index (χ4n) is 3.27. The van der Waals surface area contributed by atoms with Gasteiger partial charge in [0.1, 0.15) is 0 Å². The van der Waals surface area contributed by atoms with Crippen LogP contribution in [-0.2, 0) is 0 Å². The van der Waals surface area contributed by atoms with Crippen LogP contribution in [0.3, 0.4) is 0 Å². The molecule has 2 aromatic carbocycles. The fourth-order valence-corrected chi connectivity index (χ4v) is 3.27. The van der Waals surface area contributed by atoms with E-state index in [2.05, 4.69) is 20.4 Å². The Bertz CT molecular complexity index is 1180. The highest BCUT2D eigenvalue weighted by atomic mass is 16.5. The van der Waals surface area contributed by atoms with Crippen LogP contribution in [0.1, 0.15) is 0 Å². The summed E-state index contributed by atoms with van der Waals surface area (Å²) in [5, 5.41) is 7.83. The lowest BCUT2D eigenvalue weighted by atomic mass is 10.1. The normalized spacial score (nSPS) is 10.7. The van der Waals surface area contributed by atoms with Crippen LogP contribution in [0.5, 0.6) is 17.2 Å². The van der Waals surface area contributed by atoms with Gasteiger partial charge < -0.3 is 24.4 Å². The number of hydrogen-bond acceptors (Lipinski definition) is 8. The molecule has 9 nitrogen and oxygen atoms in total. The predicted molar refractivity (Wildman–Crippen MR) is 120 cm³/mol. The molecule has 2 aromatic heterocycles. The van der Waals surface area contributed by atoms with E-state index in [-0.39, 0.29) is 0 Å². The third-order valence-corrected chi connectivity index (χ3v) is 4.84. The van der Waals surface area contributed by atoms with Crippen LogP contribution in [0.2, 0.25) is 0 Å². The van der Waals surface area contributed by atoms with E-state index >= 15 is 0 Å². The Morgan fingerprint density at radius 2 is 1.58 bits per heavy atom. The number of fused-ring (bicyclic) bond motifs is 1. The van der Waals surface area contributed by atoms with E-state index < -0.39 is 0 Å². The van der Waals surface area contributed by atoms with E-state index in [1.54, 1.807) is 32.0 Å². The third kappa shape index (κ3) is 3.89. The SMILES string of the molecule is COc1cc(-c2ccnc3nc(Nc4ccc(N(C)C)cc4)nn23)cc(OC)c1OC. The lowest BCUT2D eigenvalue weighted by molar-refractivity contribution is 0.324. The summed E-state index contributed by atoms with van der Waals surface area (Å²) in [7, 11) is 8.75. The van der Waals surface area contributed by atoms with Crippen LogP contribution in [0.25, 0.3) is 17.0 Å². The summed E-state index contributed by atoms with van der Waals surface area (Å²) in [6.45, 7) is 0. The van der Waals surface area contributed by atoms with Gasteiger partial charge in [-0.2, -0.15) is 9.50 Å². The molecule has 0 saturated heterocycles. The van der Waals surface area contributed by atoms with Gasteiger partial charge in [0, 0.05) is 37.2 Å². The number of aromatic nitrogens is 4. The molecule has 0 aliphatic carbocycles. The Labute approximate surface area is 180 Å². The van der Waals surface area contributed by atoms with Crippen molar-refractivity contribution in [1.29, 1.82) is 0 Å². The largest absolute Gasteiger partial charge is 0.493 e. The molecular weight excluding hydrogens is 396 g/mol. The van der Waals surface area contributed by atoms with Crippen LogP contribution < -0.4 is 24.4 Å². The zero-order valence-corrected chi connectivity index (χ0v) is 18.1. The molecule has 0 aliphatic heterocycles. The van der Waals surface area contributed by atoms with Gasteiger partial charge in [-0.1, -0.05) is 0 Å². The molecule has 2 heterocycles. The maximum Gasteiger partial charge on any atom is 0.254 e. The number of rotatable bonds is 7. The highest BCUT2D eigenvalue weighted by Gasteiger charge is 2.17. The second-order valence-electron chi connectivity index (χ2n) is 6.96. The molecule has 0 atom stereocenters. The molecule has 31 heavy (non-hydrogen) atoms. The van der Waals surface area contributed by atoms with E-state index in [1.807, 2.05) is 61.5 Å². The first-order valence-electron chi connectivity index (χ1n) is 9.60. The van der Waals surface area contributed by atoms with Crippen molar-refractivity contribution >= 4 is 23.1 Å². The van der Waals surface area contributed by atoms with E-state index in [1.165, 1.54) is 0 Å². The first-order chi connectivity index (χ1) is 15.0. The summed E-state index contributed by atoms with van der Waals surface area (Å²) >= 11 is 0. The molecule has 4 rings (SSSR count). The van der Waals surface area contributed by atoms with Crippen molar-refractivity contribution in [3.63, 3.8) is 0 Å². The van der Waals surface area contributed by atoms with Gasteiger partial charge in [-0.3, -0.25) is 0 Å². The van der Waals surface area contributed by atoms with Crippen LogP contribution in [0.15, 0.2) is 48.7 Å². The van der Waals surface area contributed by atoms with Crippen LogP contribution >= 0.6 is 0 Å². The molecule has 0 amide bonds. The first kappa shape index (κ1) is 20.3. The van der Waals surface area contributed by atoms with Crippen molar-refractivity contribution in [2.24, 2.45) is 0 Å². The van der Waals surface area contributed by atoms with Gasteiger partial charge in [-0.25, -0.2) is 4.98 Å². The average Bonchev–Trinajstić information content (AvgIpc) is 3.20. The summed E-state index contributed by atoms with van der Waals surface area (Å²) < 4.78 is 18.1. The lowest BCUT2D eigenvalue weighted by Crippen LogP contribution is -2.08. The second kappa shape index (κ2) is 8.39. The highest BCUT2D eigenvalue weighted by Crippen LogP contribution is 2.41. The minimum absolute atomic E-state index is 0.449. The summed E-state index contributed by atoms with van der Waals surface area (Å²) in [5.41, 5.74) is 3.61. The van der Waals surface area contributed by atoms with Crippen LogP contribution in [0.4, 0.5) is 17.3 Å². The maximum atomic E-state index is 5.48. The van der Waals surface area contributed by atoms with Gasteiger partial charge in [0.25, 0.3) is 5.78 Å². The minimum atomic E-state index is 0.449. The van der Waals surface area contributed by atoms with Crippen molar-refractivity contribution < 1.29 is 14.2 Å². The van der Waals surface area contributed by atoms with Gasteiger partial charge in [0.2, 0.25) is 11.7 Å². The molecule has 0 saturated carbocycles. The monoisotopic (exact) mass is 420 g/mol. The average molecular weight is 420 g/mol. The second-order valence-corrected chi connectivity index (χ2v) is 6.96. The smallest absolute Gasteiger partial charge is 0.254 e. The molecule has 160 valence electrons. The van der Waals surface area contributed by atoms with Crippen molar-refractivity contribution in [2.45, 2.75) is 0 Å². The maximum absolute atomic E-state index is 5.48. The van der Waals surface area contributed by atoms with Gasteiger partial charge >= 0.3 is 0 Å². The zero-order chi connectivity index (χ0) is 22.0. The van der Waals surface area contributed by atoms with E-state index in [9.17, 15) is 0 Å². The summed E-state index contributed by atoms with van der Waals surface area (Å²) in [5.74, 6) is 2.56. The van der Waals surface area contributed by atoms with Gasteiger partial charge in [-0.05, 0) is 42.5 Å². The molecule has 0 spiro atoms. The predicted octanol–water partition coefficient (Wildman–Crippen LogP) is 3.63. The Kier molecular flexibility index (Phi) is 5.48. The van der Waals surface area contributed by atoms with Gasteiger partial charge in [0.15, 0.2) is 11.5 Å². The topological polar surface area (TPSA) is 86.0 Å². The summed E-state index contributed by atoms with van der Waals surface area (Å²) in [6.07, 6.45) is 1.69. The van der Waals surface area contributed by atoms with Gasteiger partial charge in [-0.15, -0.1) is 5.10 Å². The van der Waals surface area contributed by atoms with E-state index in [4.69, 9.17) is 14.2 Å². The Balaban J connectivity index is 1.73. The Morgan fingerprint density at radius 1 is 0.903 bits per heavy atom. The van der Waals surface area contributed by atoms with Crippen molar-refractivity contribution in [1.82, 2.24) is 19.6 Å².